The van der Waals surface area contributed by atoms with Gasteiger partial charge in [0.25, 0.3) is 0 Å². The third kappa shape index (κ3) is 2.34. The van der Waals surface area contributed by atoms with Gasteiger partial charge in [-0.25, -0.2) is 0 Å². The summed E-state index contributed by atoms with van der Waals surface area (Å²) in [6.45, 7) is 0.879. The summed E-state index contributed by atoms with van der Waals surface area (Å²) in [6, 6.07) is 4.31. The molecule has 2 atom stereocenters. The second-order valence-corrected chi connectivity index (χ2v) is 9.54. The van der Waals surface area contributed by atoms with Crippen molar-refractivity contribution in [1.82, 2.24) is 0 Å². The summed E-state index contributed by atoms with van der Waals surface area (Å²) in [6.07, 6.45) is 8.41. The highest BCUT2D eigenvalue weighted by Gasteiger charge is 2.59. The molecule has 6 rings (SSSR count). The van der Waals surface area contributed by atoms with E-state index in [9.17, 15) is 0 Å². The average molecular weight is 360 g/mol. The van der Waals surface area contributed by atoms with Gasteiger partial charge in [-0.2, -0.15) is 0 Å². The van der Waals surface area contributed by atoms with Crippen molar-refractivity contribution in [3.05, 3.63) is 23.3 Å². The van der Waals surface area contributed by atoms with Crippen LogP contribution in [0.2, 0.25) is 0 Å². The van der Waals surface area contributed by atoms with Crippen molar-refractivity contribution in [3.63, 3.8) is 0 Å². The zero-order valence-corrected chi connectivity index (χ0v) is 15.9. The van der Waals surface area contributed by atoms with Crippen molar-refractivity contribution >= 4 is 17.3 Å². The Balaban J connectivity index is 1.61. The molecule has 0 spiro atoms. The van der Waals surface area contributed by atoms with Crippen LogP contribution >= 0.6 is 11.6 Å². The first-order valence-electron chi connectivity index (χ1n) is 9.53. The molecular weight excluding hydrogens is 334 g/mol. The first-order chi connectivity index (χ1) is 12.0. The van der Waals surface area contributed by atoms with Crippen LogP contribution in [0, 0.1) is 17.3 Å². The smallest absolute Gasteiger partial charge is 0.161 e. The predicted molar refractivity (Wildman–Crippen MR) is 100 cm³/mol. The van der Waals surface area contributed by atoms with Crippen LogP contribution in [0.4, 0.5) is 0 Å². The van der Waals surface area contributed by atoms with Crippen molar-refractivity contribution < 1.29 is 9.47 Å². The van der Waals surface area contributed by atoms with Crippen LogP contribution in [-0.2, 0) is 6.42 Å². The Labute approximate surface area is 154 Å². The molecule has 4 aliphatic carbocycles. The predicted octanol–water partition coefficient (Wildman–Crippen LogP) is 4.63. The van der Waals surface area contributed by atoms with Gasteiger partial charge in [0.1, 0.15) is 0 Å². The van der Waals surface area contributed by atoms with Gasteiger partial charge >= 0.3 is 0 Å². The SMILES string of the molecule is COc1cc2c(cc1OC)C(C13C[C@@H]4C[C@H](CC(Cl)(C4)C1)C3)=NCC2. The Morgan fingerprint density at radius 2 is 1.72 bits per heavy atom. The number of ether oxygens (including phenoxy) is 2. The van der Waals surface area contributed by atoms with Gasteiger partial charge in [-0.05, 0) is 74.5 Å². The molecule has 4 fully saturated rings. The Morgan fingerprint density at radius 1 is 1.04 bits per heavy atom. The number of fused-ring (bicyclic) bond motifs is 1. The van der Waals surface area contributed by atoms with Crippen molar-refractivity contribution in [2.45, 2.75) is 49.8 Å². The molecule has 25 heavy (non-hydrogen) atoms. The Kier molecular flexibility index (Phi) is 3.45. The number of halogens is 1. The maximum absolute atomic E-state index is 7.07. The minimum absolute atomic E-state index is 0.0147. The van der Waals surface area contributed by atoms with E-state index in [1.54, 1.807) is 14.2 Å². The molecule has 1 aliphatic heterocycles. The number of benzene rings is 1. The van der Waals surface area contributed by atoms with E-state index in [0.717, 1.165) is 42.7 Å². The third-order valence-corrected chi connectivity index (χ3v) is 7.45. The Hall–Kier alpha value is -1.22. The summed E-state index contributed by atoms with van der Waals surface area (Å²) in [4.78, 5) is 5.10. The minimum atomic E-state index is 0.0147. The normalized spacial score (nSPS) is 38.3. The molecule has 0 amide bonds. The van der Waals surface area contributed by atoms with Crippen LogP contribution in [0.25, 0.3) is 0 Å². The maximum atomic E-state index is 7.07. The molecule has 0 saturated heterocycles. The summed E-state index contributed by atoms with van der Waals surface area (Å²) in [5, 5.41) is 0. The molecule has 5 aliphatic rings. The Morgan fingerprint density at radius 3 is 2.36 bits per heavy atom. The van der Waals surface area contributed by atoms with E-state index in [0.29, 0.717) is 0 Å². The molecule has 0 aromatic heterocycles. The van der Waals surface area contributed by atoms with Crippen molar-refractivity contribution in [2.24, 2.45) is 22.2 Å². The summed E-state index contributed by atoms with van der Waals surface area (Å²) in [7, 11) is 3.42. The second kappa shape index (κ2) is 5.39. The van der Waals surface area contributed by atoms with Crippen LogP contribution in [0.3, 0.4) is 0 Å². The number of hydrogen-bond donors (Lipinski definition) is 0. The number of rotatable bonds is 3. The largest absolute Gasteiger partial charge is 0.493 e. The number of methoxy groups -OCH3 is 2. The van der Waals surface area contributed by atoms with Crippen LogP contribution in [0.1, 0.15) is 49.7 Å². The van der Waals surface area contributed by atoms with Gasteiger partial charge in [0.05, 0.1) is 14.2 Å². The fourth-order valence-electron chi connectivity index (χ4n) is 6.60. The highest BCUT2D eigenvalue weighted by molar-refractivity contribution is 6.24. The fraction of sp³-hybridized carbons (Fsp3) is 0.667. The lowest BCUT2D eigenvalue weighted by molar-refractivity contribution is 0.00190. The van der Waals surface area contributed by atoms with Gasteiger partial charge in [0.15, 0.2) is 11.5 Å². The lowest BCUT2D eigenvalue weighted by atomic mass is 9.47. The lowest BCUT2D eigenvalue weighted by Crippen LogP contribution is -2.56. The molecule has 1 aromatic carbocycles. The standard InChI is InChI=1S/C21H26ClNO2/c1-24-17-6-15-3-4-23-19(16(15)7-18(17)25-2)20-8-13-5-14(9-20)11-21(22,10-13)12-20/h6-7,13-14H,3-5,8-12H2,1-2H3/t13-,14-,20?,21?/m0/s1. The average Bonchev–Trinajstić information content (AvgIpc) is 2.57. The second-order valence-electron chi connectivity index (χ2n) is 8.74. The highest BCUT2D eigenvalue weighted by Crippen LogP contribution is 2.65. The maximum Gasteiger partial charge on any atom is 0.161 e. The molecular formula is C21H26ClNO2. The van der Waals surface area contributed by atoms with E-state index in [-0.39, 0.29) is 10.3 Å². The molecule has 4 bridgehead atoms. The van der Waals surface area contributed by atoms with E-state index >= 15 is 0 Å². The van der Waals surface area contributed by atoms with Gasteiger partial charge < -0.3 is 9.47 Å². The number of aliphatic imine (C=N–C) groups is 1. The number of nitrogens with zero attached hydrogens (tertiary/aromatic N) is 1. The Bertz CT molecular complexity index is 743. The van der Waals surface area contributed by atoms with Crippen molar-refractivity contribution in [1.29, 1.82) is 0 Å². The molecule has 1 heterocycles. The van der Waals surface area contributed by atoms with E-state index in [1.165, 1.54) is 48.9 Å². The van der Waals surface area contributed by atoms with Crippen LogP contribution in [-0.4, -0.2) is 31.4 Å². The number of hydrogen-bond acceptors (Lipinski definition) is 3. The van der Waals surface area contributed by atoms with Crippen LogP contribution < -0.4 is 9.47 Å². The van der Waals surface area contributed by atoms with Crippen LogP contribution in [0.15, 0.2) is 17.1 Å². The van der Waals surface area contributed by atoms with Gasteiger partial charge in [0, 0.05) is 28.1 Å². The quantitative estimate of drug-likeness (QED) is 0.737. The van der Waals surface area contributed by atoms with E-state index in [2.05, 4.69) is 12.1 Å². The first kappa shape index (κ1) is 16.0. The molecule has 0 unspecified atom stereocenters. The monoisotopic (exact) mass is 359 g/mol. The van der Waals surface area contributed by atoms with Gasteiger partial charge in [-0.3, -0.25) is 4.99 Å². The van der Waals surface area contributed by atoms with E-state index in [1.807, 2.05) is 0 Å². The molecule has 1 aromatic rings. The molecule has 0 radical (unpaired) electrons. The zero-order valence-electron chi connectivity index (χ0n) is 15.1. The zero-order chi connectivity index (χ0) is 17.2. The van der Waals surface area contributed by atoms with E-state index in [4.69, 9.17) is 26.1 Å². The van der Waals surface area contributed by atoms with Crippen molar-refractivity contribution in [3.8, 4) is 11.5 Å². The minimum Gasteiger partial charge on any atom is -0.493 e. The topological polar surface area (TPSA) is 30.8 Å². The molecule has 4 saturated carbocycles. The van der Waals surface area contributed by atoms with Gasteiger partial charge in [-0.1, -0.05) is 0 Å². The first-order valence-corrected chi connectivity index (χ1v) is 9.91. The molecule has 0 N–H and O–H groups in total. The highest BCUT2D eigenvalue weighted by atomic mass is 35.5. The molecule has 3 nitrogen and oxygen atoms in total. The van der Waals surface area contributed by atoms with Crippen LogP contribution in [0.5, 0.6) is 11.5 Å². The van der Waals surface area contributed by atoms with E-state index < -0.39 is 0 Å². The molecule has 4 heteroatoms. The fourth-order valence-corrected chi connectivity index (χ4v) is 7.30. The van der Waals surface area contributed by atoms with Crippen molar-refractivity contribution in [2.75, 3.05) is 20.8 Å². The molecule has 134 valence electrons. The summed E-state index contributed by atoms with van der Waals surface area (Å²) < 4.78 is 11.1. The summed E-state index contributed by atoms with van der Waals surface area (Å²) >= 11 is 7.07. The van der Waals surface area contributed by atoms with Gasteiger partial charge in [0.2, 0.25) is 0 Å². The van der Waals surface area contributed by atoms with Gasteiger partial charge in [-0.15, -0.1) is 11.6 Å². The third-order valence-electron chi connectivity index (χ3n) is 7.01. The lowest BCUT2D eigenvalue weighted by Gasteiger charge is -2.60. The summed E-state index contributed by atoms with van der Waals surface area (Å²) in [5.74, 6) is 3.20. The number of alkyl halides is 1. The summed E-state index contributed by atoms with van der Waals surface area (Å²) in [5.41, 5.74) is 4.13.